The van der Waals surface area contributed by atoms with E-state index in [1.165, 1.54) is 12.8 Å². The van der Waals surface area contributed by atoms with Gasteiger partial charge in [-0.25, -0.2) is 0 Å². The minimum atomic E-state index is 0.767. The fourth-order valence-corrected chi connectivity index (χ4v) is 0.637. The van der Waals surface area contributed by atoms with E-state index < -0.39 is 0 Å². The third kappa shape index (κ3) is 5.64. The molecule has 0 aliphatic carbocycles. The van der Waals surface area contributed by atoms with Crippen LogP contribution < -0.4 is 0 Å². The van der Waals surface area contributed by atoms with Gasteiger partial charge in [0.2, 0.25) is 0 Å². The van der Waals surface area contributed by atoms with E-state index in [4.69, 9.17) is 11.6 Å². The van der Waals surface area contributed by atoms with Gasteiger partial charge in [0.15, 0.2) is 0 Å². The van der Waals surface area contributed by atoms with Crippen LogP contribution in [0.5, 0.6) is 0 Å². The maximum Gasteiger partial charge on any atom is 0.0360 e. The zero-order valence-corrected chi connectivity index (χ0v) is 6.62. The summed E-state index contributed by atoms with van der Waals surface area (Å²) in [6.07, 6.45) is 7.17. The Morgan fingerprint density at radius 1 is 1.67 bits per heavy atom. The molecule has 1 heteroatoms. The molecule has 0 heterocycles. The molecule has 0 atom stereocenters. The predicted octanol–water partition coefficient (Wildman–Crippen LogP) is 3.49. The zero-order valence-electron chi connectivity index (χ0n) is 5.86. The van der Waals surface area contributed by atoms with E-state index in [0.29, 0.717) is 0 Å². The van der Waals surface area contributed by atoms with E-state index in [1.54, 1.807) is 6.08 Å². The zero-order chi connectivity index (χ0) is 7.11. The molecular weight excluding hydrogens is 132 g/mol. The van der Waals surface area contributed by atoms with Crippen molar-refractivity contribution in [2.24, 2.45) is 0 Å². The Kier molecular flexibility index (Phi) is 5.75. The van der Waals surface area contributed by atoms with Gasteiger partial charge in [-0.3, -0.25) is 0 Å². The lowest BCUT2D eigenvalue weighted by Gasteiger charge is -1.88. The molecule has 0 saturated heterocycles. The van der Waals surface area contributed by atoms with E-state index in [-0.39, 0.29) is 0 Å². The van der Waals surface area contributed by atoms with Gasteiger partial charge in [-0.15, -0.1) is 0 Å². The first kappa shape index (κ1) is 8.77. The van der Waals surface area contributed by atoms with Gasteiger partial charge >= 0.3 is 0 Å². The number of rotatable bonds is 4. The van der Waals surface area contributed by atoms with Crippen LogP contribution in [0, 0.1) is 0 Å². The molecule has 9 heavy (non-hydrogen) atoms. The Morgan fingerprint density at radius 2 is 2.33 bits per heavy atom. The molecular formula is C8H13Cl. The molecule has 0 rings (SSSR count). The van der Waals surface area contributed by atoms with Crippen molar-refractivity contribution in [2.75, 3.05) is 0 Å². The summed E-state index contributed by atoms with van der Waals surface area (Å²) < 4.78 is 0. The molecule has 0 aliphatic heterocycles. The minimum Gasteiger partial charge on any atom is -0.0976 e. The maximum atomic E-state index is 5.64. The highest BCUT2D eigenvalue weighted by Crippen LogP contribution is 2.05. The number of unbranched alkanes of at least 4 members (excludes halogenated alkanes) is 2. The average Bonchev–Trinajstić information content (AvgIpc) is 1.89. The molecule has 0 N–H and O–H groups in total. The van der Waals surface area contributed by atoms with Crippen LogP contribution in [0.15, 0.2) is 23.8 Å². The summed E-state index contributed by atoms with van der Waals surface area (Å²) in [4.78, 5) is 0. The van der Waals surface area contributed by atoms with Crippen molar-refractivity contribution < 1.29 is 0 Å². The lowest BCUT2D eigenvalue weighted by Crippen LogP contribution is -1.67. The van der Waals surface area contributed by atoms with E-state index in [9.17, 15) is 0 Å². The quantitative estimate of drug-likeness (QED) is 0.419. The molecule has 0 spiro atoms. The highest BCUT2D eigenvalue weighted by Gasteiger charge is 1.81. The monoisotopic (exact) mass is 144 g/mol. The van der Waals surface area contributed by atoms with Crippen LogP contribution in [0.2, 0.25) is 0 Å². The molecule has 0 radical (unpaired) electrons. The van der Waals surface area contributed by atoms with Crippen LogP contribution >= 0.6 is 11.6 Å². The summed E-state index contributed by atoms with van der Waals surface area (Å²) in [6.45, 7) is 5.70. The Hall–Kier alpha value is -0.230. The Morgan fingerprint density at radius 3 is 2.78 bits per heavy atom. The van der Waals surface area contributed by atoms with Gasteiger partial charge < -0.3 is 0 Å². The third-order valence-electron chi connectivity index (χ3n) is 1.09. The van der Waals surface area contributed by atoms with Gasteiger partial charge in [0, 0.05) is 5.03 Å². The number of allylic oxidation sites excluding steroid dienone is 3. The van der Waals surface area contributed by atoms with Gasteiger partial charge in [-0.1, -0.05) is 50.1 Å². The molecule has 0 unspecified atom stereocenters. The molecule has 0 nitrogen and oxygen atoms in total. The number of halogens is 1. The molecule has 0 amide bonds. The average molecular weight is 145 g/mol. The second-order valence-corrected chi connectivity index (χ2v) is 2.37. The topological polar surface area (TPSA) is 0 Å². The number of hydrogen-bond acceptors (Lipinski definition) is 0. The Bertz CT molecular complexity index is 103. The van der Waals surface area contributed by atoms with Crippen LogP contribution in [0.4, 0.5) is 0 Å². The largest absolute Gasteiger partial charge is 0.0976 e. The summed E-state index contributed by atoms with van der Waals surface area (Å²) in [5.74, 6) is 0. The fraction of sp³-hybridized carbons (Fsp3) is 0.500. The summed E-state index contributed by atoms with van der Waals surface area (Å²) in [7, 11) is 0. The molecule has 0 aromatic rings. The van der Waals surface area contributed by atoms with Crippen LogP contribution in [0.3, 0.4) is 0 Å². The first-order valence-corrected chi connectivity index (χ1v) is 3.67. The second-order valence-electron chi connectivity index (χ2n) is 1.94. The van der Waals surface area contributed by atoms with Crippen LogP contribution in [-0.4, -0.2) is 0 Å². The van der Waals surface area contributed by atoms with Crippen molar-refractivity contribution in [2.45, 2.75) is 26.2 Å². The van der Waals surface area contributed by atoms with Crippen LogP contribution in [0.1, 0.15) is 26.2 Å². The molecule has 0 bridgehead atoms. The van der Waals surface area contributed by atoms with E-state index in [2.05, 4.69) is 13.5 Å². The van der Waals surface area contributed by atoms with E-state index >= 15 is 0 Å². The standard InChI is InChI=1S/C8H13Cl/c1-3-5-6-7-8(9)4-2/h4,7H,2-3,5-6H2,1H3/b8-7-. The highest BCUT2D eigenvalue weighted by atomic mass is 35.5. The molecule has 52 valence electrons. The van der Waals surface area contributed by atoms with Crippen molar-refractivity contribution in [3.63, 3.8) is 0 Å². The molecule has 0 fully saturated rings. The van der Waals surface area contributed by atoms with Crippen LogP contribution in [-0.2, 0) is 0 Å². The predicted molar refractivity (Wildman–Crippen MR) is 43.7 cm³/mol. The highest BCUT2D eigenvalue weighted by molar-refractivity contribution is 6.31. The Balaban J connectivity index is 3.31. The van der Waals surface area contributed by atoms with Crippen molar-refractivity contribution in [3.05, 3.63) is 23.8 Å². The lowest BCUT2D eigenvalue weighted by atomic mass is 10.2. The minimum absolute atomic E-state index is 0.767. The number of hydrogen-bond donors (Lipinski definition) is 0. The normalized spacial score (nSPS) is 11.6. The SMILES string of the molecule is C=C/C(Cl)=C/CCCC. The molecule has 0 aliphatic rings. The fourth-order valence-electron chi connectivity index (χ4n) is 0.527. The summed E-state index contributed by atoms with van der Waals surface area (Å²) in [5, 5.41) is 0.767. The molecule has 0 aromatic carbocycles. The van der Waals surface area contributed by atoms with Gasteiger partial charge in [-0.2, -0.15) is 0 Å². The third-order valence-corrected chi connectivity index (χ3v) is 1.40. The van der Waals surface area contributed by atoms with Crippen molar-refractivity contribution in [3.8, 4) is 0 Å². The van der Waals surface area contributed by atoms with Gasteiger partial charge in [0.25, 0.3) is 0 Å². The molecule has 0 saturated carbocycles. The van der Waals surface area contributed by atoms with E-state index in [1.807, 2.05) is 6.08 Å². The van der Waals surface area contributed by atoms with E-state index in [0.717, 1.165) is 11.5 Å². The van der Waals surface area contributed by atoms with Crippen molar-refractivity contribution in [1.82, 2.24) is 0 Å². The van der Waals surface area contributed by atoms with Crippen molar-refractivity contribution >= 4 is 11.6 Å². The lowest BCUT2D eigenvalue weighted by molar-refractivity contribution is 0.814. The smallest absolute Gasteiger partial charge is 0.0360 e. The van der Waals surface area contributed by atoms with Crippen LogP contribution in [0.25, 0.3) is 0 Å². The van der Waals surface area contributed by atoms with Gasteiger partial charge in [0.1, 0.15) is 0 Å². The summed E-state index contributed by atoms with van der Waals surface area (Å²) >= 11 is 5.64. The summed E-state index contributed by atoms with van der Waals surface area (Å²) in [5.41, 5.74) is 0. The van der Waals surface area contributed by atoms with Gasteiger partial charge in [-0.05, 0) is 6.42 Å². The second kappa shape index (κ2) is 5.90. The first-order valence-electron chi connectivity index (χ1n) is 3.29. The molecule has 0 aromatic heterocycles. The summed E-state index contributed by atoms with van der Waals surface area (Å²) in [6, 6.07) is 0. The van der Waals surface area contributed by atoms with Crippen molar-refractivity contribution in [1.29, 1.82) is 0 Å². The Labute approximate surface area is 62.2 Å². The first-order chi connectivity index (χ1) is 4.31. The maximum absolute atomic E-state index is 5.64. The van der Waals surface area contributed by atoms with Gasteiger partial charge in [0.05, 0.1) is 0 Å².